The summed E-state index contributed by atoms with van der Waals surface area (Å²) in [6, 6.07) is 1.96. The Labute approximate surface area is 86.6 Å². The number of hydrogen-bond acceptors (Lipinski definition) is 3. The number of nitrogens with one attached hydrogen (secondary N) is 1. The lowest BCUT2D eigenvalue weighted by Gasteiger charge is -2.07. The number of rotatable bonds is 4. The van der Waals surface area contributed by atoms with Gasteiger partial charge in [0.05, 0.1) is 11.1 Å². The maximum absolute atomic E-state index is 4.93. The number of anilines is 1. The van der Waals surface area contributed by atoms with Crippen molar-refractivity contribution in [2.45, 2.75) is 6.92 Å². The monoisotopic (exact) mass is 244 g/mol. The molecule has 0 bridgehead atoms. The summed E-state index contributed by atoms with van der Waals surface area (Å²) >= 11 is 3.47. The average Bonchev–Trinajstić information content (AvgIpc) is 2.13. The van der Waals surface area contributed by atoms with Crippen molar-refractivity contribution in [3.05, 3.63) is 22.3 Å². The molecule has 0 saturated carbocycles. The van der Waals surface area contributed by atoms with Crippen molar-refractivity contribution < 1.29 is 4.74 Å². The first-order chi connectivity index (χ1) is 6.25. The number of nitrogens with zero attached hydrogens (tertiary/aromatic N) is 1. The summed E-state index contributed by atoms with van der Waals surface area (Å²) in [4.78, 5) is 4.20. The van der Waals surface area contributed by atoms with Crippen LogP contribution in [0.3, 0.4) is 0 Å². The summed E-state index contributed by atoms with van der Waals surface area (Å²) in [5, 5.41) is 3.17. The third kappa shape index (κ3) is 2.97. The van der Waals surface area contributed by atoms with Crippen LogP contribution in [0.15, 0.2) is 16.7 Å². The van der Waals surface area contributed by atoms with Gasteiger partial charge in [-0.1, -0.05) is 0 Å². The number of pyridine rings is 1. The maximum atomic E-state index is 4.93. The number of hydrogen-bond donors (Lipinski definition) is 1. The highest BCUT2D eigenvalue weighted by Gasteiger charge is 2.01. The molecule has 0 saturated heterocycles. The molecule has 13 heavy (non-hydrogen) atoms. The normalized spacial score (nSPS) is 10.1. The summed E-state index contributed by atoms with van der Waals surface area (Å²) in [5.74, 6) is 0.872. The van der Waals surface area contributed by atoms with Gasteiger partial charge in [0.2, 0.25) is 0 Å². The molecule has 0 aliphatic carbocycles. The van der Waals surface area contributed by atoms with Gasteiger partial charge in [-0.05, 0) is 34.5 Å². The molecule has 1 aromatic rings. The highest BCUT2D eigenvalue weighted by molar-refractivity contribution is 9.10. The van der Waals surface area contributed by atoms with E-state index in [2.05, 4.69) is 26.2 Å². The predicted octanol–water partition coefficient (Wildman–Crippen LogP) is 2.21. The quantitative estimate of drug-likeness (QED) is 0.826. The van der Waals surface area contributed by atoms with E-state index in [9.17, 15) is 0 Å². The molecule has 0 radical (unpaired) electrons. The zero-order valence-electron chi connectivity index (χ0n) is 7.80. The first kappa shape index (κ1) is 10.5. The van der Waals surface area contributed by atoms with E-state index < -0.39 is 0 Å². The van der Waals surface area contributed by atoms with E-state index in [4.69, 9.17) is 4.74 Å². The molecule has 0 spiro atoms. The van der Waals surface area contributed by atoms with Crippen LogP contribution < -0.4 is 5.32 Å². The van der Waals surface area contributed by atoms with E-state index in [-0.39, 0.29) is 0 Å². The molecule has 0 aliphatic heterocycles. The molecule has 1 heterocycles. The van der Waals surface area contributed by atoms with Gasteiger partial charge in [0.1, 0.15) is 5.82 Å². The molecule has 1 N–H and O–H groups in total. The van der Waals surface area contributed by atoms with Gasteiger partial charge in [-0.25, -0.2) is 4.98 Å². The SMILES string of the molecule is COCCNc1nccc(C)c1Br. The smallest absolute Gasteiger partial charge is 0.140 e. The van der Waals surface area contributed by atoms with Crippen molar-refractivity contribution in [3.8, 4) is 0 Å². The molecule has 3 nitrogen and oxygen atoms in total. The summed E-state index contributed by atoms with van der Waals surface area (Å²) in [5.41, 5.74) is 1.18. The van der Waals surface area contributed by atoms with E-state index in [1.54, 1.807) is 13.3 Å². The van der Waals surface area contributed by atoms with Crippen LogP contribution in [0.25, 0.3) is 0 Å². The lowest BCUT2D eigenvalue weighted by molar-refractivity contribution is 0.210. The lowest BCUT2D eigenvalue weighted by Crippen LogP contribution is -2.09. The van der Waals surface area contributed by atoms with Crippen LogP contribution in [-0.4, -0.2) is 25.2 Å². The lowest BCUT2D eigenvalue weighted by atomic mass is 10.3. The van der Waals surface area contributed by atoms with Crippen LogP contribution in [-0.2, 0) is 4.74 Å². The Morgan fingerprint density at radius 2 is 2.38 bits per heavy atom. The van der Waals surface area contributed by atoms with Gasteiger partial charge in [0.15, 0.2) is 0 Å². The zero-order chi connectivity index (χ0) is 9.68. The molecular weight excluding hydrogens is 232 g/mol. The topological polar surface area (TPSA) is 34.1 Å². The van der Waals surface area contributed by atoms with Crippen LogP contribution in [0.4, 0.5) is 5.82 Å². The molecule has 0 aliphatic rings. The van der Waals surface area contributed by atoms with E-state index in [0.717, 1.165) is 16.8 Å². The Bertz CT molecular complexity index is 278. The first-order valence-electron chi connectivity index (χ1n) is 4.09. The summed E-state index contributed by atoms with van der Waals surface area (Å²) in [7, 11) is 1.68. The van der Waals surface area contributed by atoms with Crippen LogP contribution >= 0.6 is 15.9 Å². The Morgan fingerprint density at radius 1 is 1.62 bits per heavy atom. The Kier molecular flexibility index (Phi) is 4.18. The molecule has 0 atom stereocenters. The standard InChI is InChI=1S/C9H13BrN2O/c1-7-3-4-11-9(8(7)10)12-5-6-13-2/h3-4H,5-6H2,1-2H3,(H,11,12). The van der Waals surface area contributed by atoms with Crippen LogP contribution in [0.1, 0.15) is 5.56 Å². The van der Waals surface area contributed by atoms with Crippen LogP contribution in [0, 0.1) is 6.92 Å². The molecule has 1 aromatic heterocycles. The second kappa shape index (κ2) is 5.19. The zero-order valence-corrected chi connectivity index (χ0v) is 9.39. The van der Waals surface area contributed by atoms with Crippen molar-refractivity contribution in [1.29, 1.82) is 0 Å². The fourth-order valence-corrected chi connectivity index (χ4v) is 1.31. The summed E-state index contributed by atoms with van der Waals surface area (Å²) < 4.78 is 5.95. The Hall–Kier alpha value is -0.610. The van der Waals surface area contributed by atoms with Gasteiger partial charge in [-0.3, -0.25) is 0 Å². The molecule has 0 aromatic carbocycles. The van der Waals surface area contributed by atoms with Gasteiger partial charge in [-0.2, -0.15) is 0 Å². The number of aromatic nitrogens is 1. The highest BCUT2D eigenvalue weighted by atomic mass is 79.9. The molecule has 0 fully saturated rings. The van der Waals surface area contributed by atoms with Crippen LogP contribution in [0.5, 0.6) is 0 Å². The molecule has 0 unspecified atom stereocenters. The van der Waals surface area contributed by atoms with Crippen molar-refractivity contribution in [1.82, 2.24) is 4.98 Å². The number of methoxy groups -OCH3 is 1. The third-order valence-electron chi connectivity index (χ3n) is 1.68. The Morgan fingerprint density at radius 3 is 3.08 bits per heavy atom. The number of ether oxygens (including phenoxy) is 1. The van der Waals surface area contributed by atoms with E-state index in [1.165, 1.54) is 5.56 Å². The van der Waals surface area contributed by atoms with Gasteiger partial charge < -0.3 is 10.1 Å². The van der Waals surface area contributed by atoms with Crippen molar-refractivity contribution in [3.63, 3.8) is 0 Å². The highest BCUT2D eigenvalue weighted by Crippen LogP contribution is 2.22. The largest absolute Gasteiger partial charge is 0.383 e. The minimum absolute atomic E-state index is 0.683. The molecule has 1 rings (SSSR count). The second-order valence-electron chi connectivity index (χ2n) is 2.71. The number of aryl methyl sites for hydroxylation is 1. The van der Waals surface area contributed by atoms with E-state index in [0.29, 0.717) is 6.61 Å². The third-order valence-corrected chi connectivity index (χ3v) is 2.68. The van der Waals surface area contributed by atoms with Gasteiger partial charge >= 0.3 is 0 Å². The molecule has 72 valence electrons. The molecule has 0 amide bonds. The van der Waals surface area contributed by atoms with Gasteiger partial charge in [0, 0.05) is 19.9 Å². The van der Waals surface area contributed by atoms with Crippen molar-refractivity contribution in [2.24, 2.45) is 0 Å². The summed E-state index contributed by atoms with van der Waals surface area (Å²) in [6.45, 7) is 3.49. The first-order valence-corrected chi connectivity index (χ1v) is 4.89. The maximum Gasteiger partial charge on any atom is 0.140 e. The summed E-state index contributed by atoms with van der Waals surface area (Å²) in [6.07, 6.45) is 1.79. The van der Waals surface area contributed by atoms with E-state index in [1.807, 2.05) is 13.0 Å². The second-order valence-corrected chi connectivity index (χ2v) is 3.50. The minimum atomic E-state index is 0.683. The van der Waals surface area contributed by atoms with Gasteiger partial charge in [-0.15, -0.1) is 0 Å². The Balaban J connectivity index is 2.61. The fraction of sp³-hybridized carbons (Fsp3) is 0.444. The molecular formula is C9H13BrN2O. The molecule has 4 heteroatoms. The van der Waals surface area contributed by atoms with Gasteiger partial charge in [0.25, 0.3) is 0 Å². The average molecular weight is 245 g/mol. The van der Waals surface area contributed by atoms with Crippen LogP contribution in [0.2, 0.25) is 0 Å². The minimum Gasteiger partial charge on any atom is -0.383 e. The predicted molar refractivity (Wildman–Crippen MR) is 57.0 cm³/mol. The van der Waals surface area contributed by atoms with Crippen molar-refractivity contribution in [2.75, 3.05) is 25.6 Å². The fourth-order valence-electron chi connectivity index (χ4n) is 0.935. The van der Waals surface area contributed by atoms with E-state index >= 15 is 0 Å². The number of halogens is 1. The van der Waals surface area contributed by atoms with Crippen molar-refractivity contribution >= 4 is 21.7 Å².